The van der Waals surface area contributed by atoms with Crippen molar-refractivity contribution in [3.63, 3.8) is 0 Å². The molecule has 0 radical (unpaired) electrons. The second kappa shape index (κ2) is 5.57. The summed E-state index contributed by atoms with van der Waals surface area (Å²) < 4.78 is 43.9. The molecule has 1 aromatic heterocycles. The number of hydrogen-bond acceptors (Lipinski definition) is 6. The predicted octanol–water partition coefficient (Wildman–Crippen LogP) is 1.98. The van der Waals surface area contributed by atoms with E-state index in [0.717, 1.165) is 44.1 Å². The maximum atomic E-state index is 13.6. The van der Waals surface area contributed by atoms with Crippen LogP contribution in [0.3, 0.4) is 0 Å². The molecule has 124 valence electrons. The summed E-state index contributed by atoms with van der Waals surface area (Å²) in [6.07, 6.45) is 4.49. The summed E-state index contributed by atoms with van der Waals surface area (Å²) in [5, 5.41) is 3.90. The summed E-state index contributed by atoms with van der Waals surface area (Å²) in [4.78, 5) is 4.26. The molecule has 0 amide bonds. The van der Waals surface area contributed by atoms with Crippen LogP contribution in [0.4, 0.5) is 10.1 Å². The topological polar surface area (TPSA) is 111 Å². The first-order chi connectivity index (χ1) is 10.8. The number of hydrogen-bond donors (Lipinski definition) is 2. The van der Waals surface area contributed by atoms with Crippen molar-refractivity contribution in [1.82, 2.24) is 10.1 Å². The van der Waals surface area contributed by atoms with Gasteiger partial charge in [-0.2, -0.15) is 4.98 Å². The van der Waals surface area contributed by atoms with E-state index in [0.29, 0.717) is 5.82 Å². The highest BCUT2D eigenvalue weighted by Crippen LogP contribution is 2.36. The lowest BCUT2D eigenvalue weighted by molar-refractivity contribution is 0.372. The van der Waals surface area contributed by atoms with Crippen LogP contribution in [0.2, 0.25) is 0 Å². The van der Waals surface area contributed by atoms with Gasteiger partial charge in [0.1, 0.15) is 5.82 Å². The number of rotatable bonds is 4. The van der Waals surface area contributed by atoms with Gasteiger partial charge in [-0.15, -0.1) is 0 Å². The first-order valence-electron chi connectivity index (χ1n) is 7.18. The summed E-state index contributed by atoms with van der Waals surface area (Å²) >= 11 is 0. The first kappa shape index (κ1) is 15.9. The van der Waals surface area contributed by atoms with Crippen molar-refractivity contribution in [1.29, 1.82) is 0 Å². The monoisotopic (exact) mass is 340 g/mol. The second-order valence-corrected chi connectivity index (χ2v) is 7.60. The highest BCUT2D eigenvalue weighted by atomic mass is 32.2. The second-order valence-electron chi connectivity index (χ2n) is 5.85. The maximum Gasteiger partial charge on any atom is 0.260 e. The highest BCUT2D eigenvalue weighted by molar-refractivity contribution is 7.92. The standard InChI is InChI=1S/C14H17FN4O3S/c1-23(20,21)19-11-5-4-9(15)8-10(11)12-17-13(18-22-12)14(16)6-2-3-7-14/h4-5,8,19H,2-3,6-7,16H2,1H3. The highest BCUT2D eigenvalue weighted by Gasteiger charge is 2.36. The molecule has 2 aromatic rings. The fourth-order valence-corrected chi connectivity index (χ4v) is 3.32. The van der Waals surface area contributed by atoms with E-state index in [1.54, 1.807) is 0 Å². The van der Waals surface area contributed by atoms with Crippen LogP contribution in [-0.4, -0.2) is 24.8 Å². The minimum atomic E-state index is -3.53. The molecule has 3 N–H and O–H groups in total. The van der Waals surface area contributed by atoms with Crippen LogP contribution in [0.25, 0.3) is 11.5 Å². The molecule has 0 bridgehead atoms. The number of halogens is 1. The third kappa shape index (κ3) is 3.35. The van der Waals surface area contributed by atoms with Crippen molar-refractivity contribution in [3.8, 4) is 11.5 Å². The number of aromatic nitrogens is 2. The van der Waals surface area contributed by atoms with E-state index in [4.69, 9.17) is 10.3 Å². The van der Waals surface area contributed by atoms with Gasteiger partial charge >= 0.3 is 0 Å². The Morgan fingerprint density at radius 3 is 2.70 bits per heavy atom. The summed E-state index contributed by atoms with van der Waals surface area (Å²) in [5.74, 6) is -0.149. The third-order valence-electron chi connectivity index (χ3n) is 3.87. The Hall–Kier alpha value is -2.00. The zero-order valence-electron chi connectivity index (χ0n) is 12.5. The van der Waals surface area contributed by atoms with Crippen molar-refractivity contribution in [2.75, 3.05) is 11.0 Å². The lowest BCUT2D eigenvalue weighted by Crippen LogP contribution is -2.34. The maximum absolute atomic E-state index is 13.6. The zero-order chi connectivity index (χ0) is 16.7. The van der Waals surface area contributed by atoms with E-state index in [9.17, 15) is 12.8 Å². The normalized spacial score (nSPS) is 17.3. The average molecular weight is 340 g/mol. The van der Waals surface area contributed by atoms with Crippen LogP contribution >= 0.6 is 0 Å². The van der Waals surface area contributed by atoms with Gasteiger partial charge in [0.05, 0.1) is 23.0 Å². The van der Waals surface area contributed by atoms with Gasteiger partial charge < -0.3 is 10.3 Å². The summed E-state index contributed by atoms with van der Waals surface area (Å²) in [7, 11) is -3.53. The van der Waals surface area contributed by atoms with E-state index in [1.807, 2.05) is 0 Å². The first-order valence-corrected chi connectivity index (χ1v) is 9.07. The lowest BCUT2D eigenvalue weighted by Gasteiger charge is -2.17. The van der Waals surface area contributed by atoms with E-state index in [-0.39, 0.29) is 17.1 Å². The van der Waals surface area contributed by atoms with E-state index >= 15 is 0 Å². The Balaban J connectivity index is 2.01. The molecule has 1 aromatic carbocycles. The summed E-state index contributed by atoms with van der Waals surface area (Å²) in [6.45, 7) is 0. The van der Waals surface area contributed by atoms with Crippen molar-refractivity contribution >= 4 is 15.7 Å². The van der Waals surface area contributed by atoms with Crippen molar-refractivity contribution < 1.29 is 17.3 Å². The van der Waals surface area contributed by atoms with Gasteiger partial charge in [0.2, 0.25) is 10.0 Å². The predicted molar refractivity (Wildman–Crippen MR) is 82.5 cm³/mol. The summed E-state index contributed by atoms with van der Waals surface area (Å²) in [6, 6.07) is 3.60. The summed E-state index contributed by atoms with van der Waals surface area (Å²) in [5.41, 5.74) is 5.98. The van der Waals surface area contributed by atoms with Crippen molar-refractivity contribution in [2.24, 2.45) is 5.73 Å². The fourth-order valence-electron chi connectivity index (χ4n) is 2.75. The van der Waals surface area contributed by atoms with Gasteiger partial charge in [-0.1, -0.05) is 18.0 Å². The third-order valence-corrected chi connectivity index (χ3v) is 4.47. The number of nitrogens with one attached hydrogen (secondary N) is 1. The molecule has 0 atom stereocenters. The van der Waals surface area contributed by atoms with E-state index in [1.165, 1.54) is 6.07 Å². The number of sulfonamides is 1. The van der Waals surface area contributed by atoms with Crippen LogP contribution in [0, 0.1) is 5.82 Å². The van der Waals surface area contributed by atoms with Gasteiger partial charge in [0.25, 0.3) is 5.89 Å². The molecule has 9 heteroatoms. The molecule has 3 rings (SSSR count). The molecule has 1 saturated carbocycles. The average Bonchev–Trinajstić information content (AvgIpc) is 3.09. The van der Waals surface area contributed by atoms with Crippen LogP contribution in [0.15, 0.2) is 22.7 Å². The minimum absolute atomic E-state index is 0.0300. The molecule has 23 heavy (non-hydrogen) atoms. The Morgan fingerprint density at radius 1 is 1.35 bits per heavy atom. The Labute approximate surface area is 133 Å². The largest absolute Gasteiger partial charge is 0.334 e. The molecule has 0 saturated heterocycles. The lowest BCUT2D eigenvalue weighted by atomic mass is 9.98. The quantitative estimate of drug-likeness (QED) is 0.880. The number of benzene rings is 1. The number of anilines is 1. The molecule has 1 aliphatic rings. The van der Waals surface area contributed by atoms with Gasteiger partial charge in [-0.25, -0.2) is 12.8 Å². The molecule has 0 unspecified atom stereocenters. The van der Waals surface area contributed by atoms with Crippen molar-refractivity contribution in [3.05, 3.63) is 29.8 Å². The molecule has 1 heterocycles. The van der Waals surface area contributed by atoms with Crippen LogP contribution < -0.4 is 10.5 Å². The Morgan fingerprint density at radius 2 is 2.04 bits per heavy atom. The van der Waals surface area contributed by atoms with E-state index < -0.39 is 21.4 Å². The van der Waals surface area contributed by atoms with Crippen molar-refractivity contribution in [2.45, 2.75) is 31.2 Å². The van der Waals surface area contributed by atoms with Gasteiger partial charge in [0, 0.05) is 0 Å². The van der Waals surface area contributed by atoms with E-state index in [2.05, 4.69) is 14.9 Å². The number of nitrogens with zero attached hydrogens (tertiary/aromatic N) is 2. The van der Waals surface area contributed by atoms with Crippen LogP contribution in [-0.2, 0) is 15.6 Å². The van der Waals surface area contributed by atoms with Gasteiger partial charge in [-0.3, -0.25) is 4.72 Å². The van der Waals surface area contributed by atoms with Gasteiger partial charge in [-0.05, 0) is 31.0 Å². The molecular weight excluding hydrogens is 323 g/mol. The SMILES string of the molecule is CS(=O)(=O)Nc1ccc(F)cc1-c1nc(C2(N)CCCC2)no1. The van der Waals surface area contributed by atoms with Gasteiger partial charge in [0.15, 0.2) is 5.82 Å². The Bertz CT molecular complexity index is 828. The molecule has 0 aliphatic heterocycles. The van der Waals surface area contributed by atoms with Crippen LogP contribution in [0.5, 0.6) is 0 Å². The molecule has 0 spiro atoms. The number of nitrogens with two attached hydrogens (primary N) is 1. The Kier molecular flexibility index (Phi) is 3.85. The molecule has 1 aliphatic carbocycles. The molecular formula is C14H17FN4O3S. The zero-order valence-corrected chi connectivity index (χ0v) is 13.4. The fraction of sp³-hybridized carbons (Fsp3) is 0.429. The molecule has 1 fully saturated rings. The smallest absolute Gasteiger partial charge is 0.260 e. The minimum Gasteiger partial charge on any atom is -0.334 e. The van der Waals surface area contributed by atoms with Crippen LogP contribution in [0.1, 0.15) is 31.5 Å². The molecule has 7 nitrogen and oxygen atoms in total.